The number of nitrogens with zero attached hydrogens (tertiary/aromatic N) is 5. The summed E-state index contributed by atoms with van der Waals surface area (Å²) in [6, 6.07) is 3.04. The lowest BCUT2D eigenvalue weighted by Gasteiger charge is -2.46. The van der Waals surface area contributed by atoms with Crippen LogP contribution in [0.2, 0.25) is 5.02 Å². The molecule has 5 saturated heterocycles. The van der Waals surface area contributed by atoms with Crippen LogP contribution in [0.4, 0.5) is 14.6 Å². The number of rotatable bonds is 6. The summed E-state index contributed by atoms with van der Waals surface area (Å²) in [4.78, 5) is 17.7. The fourth-order valence-corrected chi connectivity index (χ4v) is 8.12. The fraction of sp³-hybridized carbons (Fsp3) is 0.581. The smallest absolute Gasteiger partial charge is 0.319 e. The van der Waals surface area contributed by atoms with Gasteiger partial charge in [-0.2, -0.15) is 9.97 Å². The molecule has 1 saturated carbocycles. The zero-order valence-electron chi connectivity index (χ0n) is 25.3. The van der Waals surface area contributed by atoms with Gasteiger partial charge in [-0.15, -0.1) is 0 Å². The summed E-state index contributed by atoms with van der Waals surface area (Å²) in [7, 11) is 0. The number of phenolic OH excluding ortho intramolecular Hbond substituents is 1. The molecule has 6 aliphatic rings. The standard InChI is InChI=1S/C31H35ClF2N6O2/c32-24-10-21(41)9-22(25(24)17-3-1-4-17)27-26(34)28-23(13-36-27)29(40-15-19-5-6-20(40)12-35-19)38-30(37-28)42-16-31-7-2-8-39(31)14-18(33)11-31/h9-10,13,17-20,35,41H,1-8,11-12,14-16H2/t18-,19?,20?,31+/m0/s1/i16D2. The van der Waals surface area contributed by atoms with Crippen LogP contribution in [0, 0.1) is 5.82 Å². The maximum absolute atomic E-state index is 16.8. The summed E-state index contributed by atoms with van der Waals surface area (Å²) in [6.07, 6.45) is 6.46. The number of aromatic nitrogens is 3. The lowest BCUT2D eigenvalue weighted by atomic mass is 9.77. The summed E-state index contributed by atoms with van der Waals surface area (Å²) in [5, 5.41) is 14.7. The number of benzene rings is 1. The Labute approximate surface area is 251 Å². The van der Waals surface area contributed by atoms with Crippen molar-refractivity contribution in [1.82, 2.24) is 25.2 Å². The molecule has 0 spiro atoms. The van der Waals surface area contributed by atoms with E-state index in [1.807, 2.05) is 4.90 Å². The Hall–Kier alpha value is -2.82. The molecule has 9 rings (SSSR count). The van der Waals surface area contributed by atoms with Crippen molar-refractivity contribution in [3.8, 4) is 23.0 Å². The molecule has 11 heteroatoms. The van der Waals surface area contributed by atoms with Gasteiger partial charge in [0.2, 0.25) is 0 Å². The van der Waals surface area contributed by atoms with Crippen LogP contribution in [0.15, 0.2) is 18.3 Å². The second-order valence-electron chi connectivity index (χ2n) is 12.6. The molecule has 222 valence electrons. The molecule has 7 heterocycles. The van der Waals surface area contributed by atoms with Crippen LogP contribution in [0.25, 0.3) is 22.2 Å². The number of piperidine rings is 2. The molecule has 2 aromatic heterocycles. The molecule has 5 aliphatic heterocycles. The second-order valence-corrected chi connectivity index (χ2v) is 13.0. The van der Waals surface area contributed by atoms with E-state index >= 15 is 4.39 Å². The molecule has 2 bridgehead atoms. The van der Waals surface area contributed by atoms with Crippen molar-refractivity contribution in [2.24, 2.45) is 0 Å². The van der Waals surface area contributed by atoms with Crippen LogP contribution in [-0.4, -0.2) is 81.5 Å². The first-order valence-electron chi connectivity index (χ1n) is 16.1. The number of piperazine rings is 1. The van der Waals surface area contributed by atoms with E-state index in [0.717, 1.165) is 50.6 Å². The molecule has 6 fully saturated rings. The highest BCUT2D eigenvalue weighted by Crippen LogP contribution is 2.47. The molecule has 2 N–H and O–H groups in total. The summed E-state index contributed by atoms with van der Waals surface area (Å²) in [5.74, 6) is -0.226. The molecule has 3 aromatic rings. The van der Waals surface area contributed by atoms with Crippen LogP contribution in [-0.2, 0) is 0 Å². The van der Waals surface area contributed by atoms with Gasteiger partial charge in [0.05, 0.1) is 13.7 Å². The average molecular weight is 599 g/mol. The molecule has 2 unspecified atom stereocenters. The van der Waals surface area contributed by atoms with E-state index in [-0.39, 0.29) is 53.9 Å². The van der Waals surface area contributed by atoms with E-state index in [0.29, 0.717) is 41.3 Å². The van der Waals surface area contributed by atoms with Gasteiger partial charge in [0.1, 0.15) is 35.5 Å². The Morgan fingerprint density at radius 1 is 1.19 bits per heavy atom. The average Bonchev–Trinajstić information content (AvgIpc) is 3.52. The number of aromatic hydroxyl groups is 1. The van der Waals surface area contributed by atoms with E-state index in [4.69, 9.17) is 24.1 Å². The molecule has 42 heavy (non-hydrogen) atoms. The lowest BCUT2D eigenvalue weighted by Crippen LogP contribution is -2.61. The van der Waals surface area contributed by atoms with Gasteiger partial charge in [0.25, 0.3) is 0 Å². The van der Waals surface area contributed by atoms with Gasteiger partial charge in [-0.1, -0.05) is 18.0 Å². The minimum Gasteiger partial charge on any atom is -0.508 e. The largest absolute Gasteiger partial charge is 0.508 e. The summed E-state index contributed by atoms with van der Waals surface area (Å²) in [5.41, 5.74) is -0.00934. The molecule has 0 radical (unpaired) electrons. The normalized spacial score (nSPS) is 30.4. The van der Waals surface area contributed by atoms with Gasteiger partial charge >= 0.3 is 6.01 Å². The SMILES string of the molecule is [2H]C([2H])(Oc1nc(N2CC3CCC2CN3)c2cnc(-c3cc(O)cc(Cl)c3C3CCC3)c(F)c2n1)[C@]12CCCN1C[C@@H](F)C2. The number of hydrogen-bond acceptors (Lipinski definition) is 8. The van der Waals surface area contributed by atoms with E-state index in [1.165, 1.54) is 12.1 Å². The summed E-state index contributed by atoms with van der Waals surface area (Å²) < 4.78 is 55.5. The minimum absolute atomic E-state index is 0.00858. The first kappa shape index (κ1) is 24.6. The van der Waals surface area contributed by atoms with Crippen LogP contribution in [0.1, 0.15) is 65.6 Å². The molecule has 4 atom stereocenters. The number of halogens is 3. The number of pyridine rings is 1. The number of anilines is 1. The van der Waals surface area contributed by atoms with Gasteiger partial charge < -0.3 is 20.1 Å². The predicted molar refractivity (Wildman–Crippen MR) is 157 cm³/mol. The zero-order chi connectivity index (χ0) is 30.4. The first-order valence-corrected chi connectivity index (χ1v) is 15.5. The van der Waals surface area contributed by atoms with Crippen LogP contribution < -0.4 is 15.0 Å². The van der Waals surface area contributed by atoms with Crippen molar-refractivity contribution < 1.29 is 21.4 Å². The number of phenols is 1. The van der Waals surface area contributed by atoms with E-state index in [2.05, 4.69) is 20.2 Å². The molecular formula is C31H35ClF2N6O2. The highest BCUT2D eigenvalue weighted by Gasteiger charge is 2.49. The third-order valence-corrected chi connectivity index (χ3v) is 10.4. The van der Waals surface area contributed by atoms with E-state index < -0.39 is 24.1 Å². The second kappa shape index (κ2) is 10.1. The minimum atomic E-state index is -2.32. The third-order valence-electron chi connectivity index (χ3n) is 10.1. The Morgan fingerprint density at radius 2 is 2.07 bits per heavy atom. The topological polar surface area (TPSA) is 86.6 Å². The Morgan fingerprint density at radius 3 is 2.81 bits per heavy atom. The number of ether oxygens (including phenoxy) is 1. The maximum atomic E-state index is 16.8. The number of nitrogens with one attached hydrogen (secondary N) is 1. The van der Waals surface area contributed by atoms with Gasteiger partial charge in [-0.3, -0.25) is 9.88 Å². The first-order chi connectivity index (χ1) is 21.1. The maximum Gasteiger partial charge on any atom is 0.319 e. The molecular weight excluding hydrogens is 562 g/mol. The van der Waals surface area contributed by atoms with Gasteiger partial charge in [-0.05, 0) is 68.7 Å². The van der Waals surface area contributed by atoms with Crippen molar-refractivity contribution in [1.29, 1.82) is 0 Å². The Bertz CT molecular complexity index is 1640. The van der Waals surface area contributed by atoms with Crippen molar-refractivity contribution >= 4 is 28.3 Å². The molecule has 1 aromatic carbocycles. The van der Waals surface area contributed by atoms with Crippen molar-refractivity contribution in [2.45, 2.75) is 81.1 Å². The van der Waals surface area contributed by atoms with Crippen molar-refractivity contribution in [3.63, 3.8) is 0 Å². The van der Waals surface area contributed by atoms with Crippen LogP contribution in [0.3, 0.4) is 0 Å². The fourth-order valence-electron chi connectivity index (χ4n) is 7.75. The van der Waals surface area contributed by atoms with Gasteiger partial charge in [0.15, 0.2) is 5.82 Å². The van der Waals surface area contributed by atoms with Gasteiger partial charge in [-0.25, -0.2) is 8.78 Å². The Balaban J connectivity index is 1.28. The van der Waals surface area contributed by atoms with Gasteiger partial charge in [0, 0.05) is 54.9 Å². The Kier molecular flexibility index (Phi) is 5.93. The summed E-state index contributed by atoms with van der Waals surface area (Å²) >= 11 is 6.60. The molecule has 8 nitrogen and oxygen atoms in total. The lowest BCUT2D eigenvalue weighted by molar-refractivity contribution is 0.107. The van der Waals surface area contributed by atoms with E-state index in [9.17, 15) is 9.50 Å². The van der Waals surface area contributed by atoms with Crippen molar-refractivity contribution in [2.75, 3.05) is 37.6 Å². The quantitative estimate of drug-likeness (QED) is 0.393. The summed E-state index contributed by atoms with van der Waals surface area (Å²) in [6.45, 7) is -0.155. The monoisotopic (exact) mass is 598 g/mol. The number of hydrogen-bond donors (Lipinski definition) is 2. The highest BCUT2D eigenvalue weighted by atomic mass is 35.5. The number of fused-ring (bicyclic) bond motifs is 5. The van der Waals surface area contributed by atoms with E-state index in [1.54, 1.807) is 6.20 Å². The van der Waals surface area contributed by atoms with Crippen molar-refractivity contribution in [3.05, 3.63) is 34.7 Å². The molecule has 0 amide bonds. The zero-order valence-corrected chi connectivity index (χ0v) is 24.0. The molecule has 1 aliphatic carbocycles. The number of alkyl halides is 1. The van der Waals surface area contributed by atoms with Crippen LogP contribution in [0.5, 0.6) is 11.8 Å². The third kappa shape index (κ3) is 4.32. The van der Waals surface area contributed by atoms with Crippen LogP contribution >= 0.6 is 11.6 Å². The predicted octanol–water partition coefficient (Wildman–Crippen LogP) is 5.35. The highest BCUT2D eigenvalue weighted by molar-refractivity contribution is 6.32.